The summed E-state index contributed by atoms with van der Waals surface area (Å²) in [5.41, 5.74) is 2.68. The second-order valence-corrected chi connectivity index (χ2v) is 4.69. The van der Waals surface area contributed by atoms with E-state index in [1.54, 1.807) is 7.05 Å². The van der Waals surface area contributed by atoms with Crippen molar-refractivity contribution >= 4 is 17.4 Å². The van der Waals surface area contributed by atoms with Crippen LogP contribution in [0.2, 0.25) is 0 Å². The fraction of sp³-hybridized carbons (Fsp3) is 0.250. The molecule has 0 saturated carbocycles. The maximum Gasteiger partial charge on any atom is 0.258 e. The van der Waals surface area contributed by atoms with Crippen molar-refractivity contribution in [3.63, 3.8) is 0 Å². The molecule has 0 saturated heterocycles. The molecule has 1 aromatic carbocycles. The van der Waals surface area contributed by atoms with Crippen LogP contribution in [0, 0.1) is 12.7 Å². The Morgan fingerprint density at radius 1 is 1.33 bits per heavy atom. The third-order valence-corrected chi connectivity index (χ3v) is 3.35. The molecule has 0 radical (unpaired) electrons. The van der Waals surface area contributed by atoms with Gasteiger partial charge in [-0.2, -0.15) is 0 Å². The summed E-state index contributed by atoms with van der Waals surface area (Å²) in [6.45, 7) is 3.92. The normalized spacial score (nSPS) is 10.3. The Hall–Kier alpha value is -2.43. The van der Waals surface area contributed by atoms with Crippen LogP contribution in [-0.4, -0.2) is 17.9 Å². The molecule has 2 aromatic rings. The van der Waals surface area contributed by atoms with E-state index >= 15 is 0 Å². The maximum absolute atomic E-state index is 14.1. The van der Waals surface area contributed by atoms with E-state index in [-0.39, 0.29) is 11.4 Å². The smallest absolute Gasteiger partial charge is 0.258 e. The van der Waals surface area contributed by atoms with Gasteiger partial charge in [0, 0.05) is 18.9 Å². The van der Waals surface area contributed by atoms with Gasteiger partial charge in [0.2, 0.25) is 0 Å². The van der Waals surface area contributed by atoms with Gasteiger partial charge in [-0.3, -0.25) is 4.79 Å². The van der Waals surface area contributed by atoms with Crippen LogP contribution in [0.4, 0.5) is 15.9 Å². The zero-order chi connectivity index (χ0) is 15.4. The second-order valence-electron chi connectivity index (χ2n) is 4.69. The number of amides is 1. The topological polar surface area (TPSA) is 54.0 Å². The molecule has 0 atom stereocenters. The van der Waals surface area contributed by atoms with Gasteiger partial charge in [-0.15, -0.1) is 0 Å². The van der Waals surface area contributed by atoms with Crippen molar-refractivity contribution in [1.82, 2.24) is 4.98 Å². The minimum atomic E-state index is -0.649. The molecule has 0 aliphatic carbocycles. The first-order chi connectivity index (χ1) is 10.1. The number of hydrogen-bond acceptors (Lipinski definition) is 3. The average Bonchev–Trinajstić information content (AvgIpc) is 2.49. The van der Waals surface area contributed by atoms with E-state index in [0.29, 0.717) is 0 Å². The molecule has 0 fully saturated rings. The first-order valence-electron chi connectivity index (χ1n) is 6.80. The van der Waals surface area contributed by atoms with Crippen LogP contribution in [0.15, 0.2) is 30.5 Å². The summed E-state index contributed by atoms with van der Waals surface area (Å²) in [7, 11) is 1.56. The number of carbonyl (C=O) groups is 1. The Morgan fingerprint density at radius 2 is 2.10 bits per heavy atom. The third kappa shape index (κ3) is 3.02. The number of para-hydroxylation sites is 1. The molecule has 2 rings (SSSR count). The van der Waals surface area contributed by atoms with E-state index in [2.05, 4.69) is 15.6 Å². The number of benzene rings is 1. The maximum atomic E-state index is 14.1. The number of rotatable bonds is 4. The van der Waals surface area contributed by atoms with Crippen LogP contribution in [0.1, 0.15) is 28.4 Å². The van der Waals surface area contributed by atoms with Crippen molar-refractivity contribution < 1.29 is 9.18 Å². The van der Waals surface area contributed by atoms with E-state index in [9.17, 15) is 9.18 Å². The molecule has 0 aliphatic rings. The van der Waals surface area contributed by atoms with Gasteiger partial charge in [0.25, 0.3) is 5.91 Å². The second kappa shape index (κ2) is 6.35. The molecular weight excluding hydrogens is 269 g/mol. The molecule has 0 bridgehead atoms. The molecule has 4 nitrogen and oxygen atoms in total. The number of halogens is 1. The lowest BCUT2D eigenvalue weighted by atomic mass is 10.1. The number of pyridine rings is 1. The van der Waals surface area contributed by atoms with Gasteiger partial charge in [-0.1, -0.05) is 25.1 Å². The van der Waals surface area contributed by atoms with E-state index in [4.69, 9.17) is 0 Å². The summed E-state index contributed by atoms with van der Waals surface area (Å²) >= 11 is 0. The number of aryl methyl sites for hydroxylation is 2. The zero-order valence-electron chi connectivity index (χ0n) is 12.3. The predicted molar refractivity (Wildman–Crippen MR) is 82.3 cm³/mol. The van der Waals surface area contributed by atoms with Crippen LogP contribution < -0.4 is 10.6 Å². The zero-order valence-corrected chi connectivity index (χ0v) is 12.3. The summed E-state index contributed by atoms with van der Waals surface area (Å²) < 4.78 is 14.1. The summed E-state index contributed by atoms with van der Waals surface area (Å²) in [5.74, 6) is -1.07. The van der Waals surface area contributed by atoms with Gasteiger partial charge >= 0.3 is 0 Å². The number of nitrogens with one attached hydrogen (secondary N) is 2. The average molecular weight is 287 g/mol. The van der Waals surface area contributed by atoms with Crippen LogP contribution in [0.5, 0.6) is 0 Å². The largest absolute Gasteiger partial charge is 0.371 e. The van der Waals surface area contributed by atoms with E-state index in [1.807, 2.05) is 32.0 Å². The fourth-order valence-corrected chi connectivity index (χ4v) is 2.18. The number of carbonyl (C=O) groups excluding carboxylic acids is 1. The molecule has 0 spiro atoms. The van der Waals surface area contributed by atoms with Crippen molar-refractivity contribution in [2.24, 2.45) is 0 Å². The van der Waals surface area contributed by atoms with Crippen molar-refractivity contribution in [2.45, 2.75) is 20.3 Å². The highest BCUT2D eigenvalue weighted by atomic mass is 19.1. The minimum absolute atomic E-state index is 0.0281. The summed E-state index contributed by atoms with van der Waals surface area (Å²) in [4.78, 5) is 16.1. The van der Waals surface area contributed by atoms with Crippen molar-refractivity contribution in [1.29, 1.82) is 0 Å². The molecule has 21 heavy (non-hydrogen) atoms. The Kier molecular flexibility index (Phi) is 4.52. The fourth-order valence-electron chi connectivity index (χ4n) is 2.18. The molecule has 1 heterocycles. The molecule has 1 amide bonds. The summed E-state index contributed by atoms with van der Waals surface area (Å²) in [5, 5.41) is 5.43. The van der Waals surface area contributed by atoms with Gasteiger partial charge in [0.05, 0.1) is 5.56 Å². The van der Waals surface area contributed by atoms with Gasteiger partial charge < -0.3 is 10.6 Å². The number of anilines is 2. The Balaban J connectivity index is 2.35. The van der Waals surface area contributed by atoms with Gasteiger partial charge in [0.1, 0.15) is 0 Å². The van der Waals surface area contributed by atoms with Crippen LogP contribution in [0.3, 0.4) is 0 Å². The monoisotopic (exact) mass is 287 g/mol. The highest BCUT2D eigenvalue weighted by Crippen LogP contribution is 2.23. The highest BCUT2D eigenvalue weighted by molar-refractivity contribution is 6.05. The highest BCUT2D eigenvalue weighted by Gasteiger charge is 2.17. The lowest BCUT2D eigenvalue weighted by Gasteiger charge is -2.13. The Morgan fingerprint density at radius 3 is 2.76 bits per heavy atom. The van der Waals surface area contributed by atoms with E-state index < -0.39 is 11.7 Å². The molecule has 1 aromatic heterocycles. The Labute approximate surface area is 123 Å². The van der Waals surface area contributed by atoms with Gasteiger partial charge in [0.15, 0.2) is 11.6 Å². The van der Waals surface area contributed by atoms with Crippen molar-refractivity contribution in [3.05, 3.63) is 53.0 Å². The summed E-state index contributed by atoms with van der Waals surface area (Å²) in [6.07, 6.45) is 2.19. The third-order valence-electron chi connectivity index (χ3n) is 3.35. The first-order valence-corrected chi connectivity index (χ1v) is 6.80. The molecular formula is C16H18FN3O. The standard InChI is InChI=1S/C16H18FN3O/c1-4-11-7-5-6-10(2)14(11)20-16(21)12-8-9-19-15(18-3)13(12)17/h5-9H,4H2,1-3H3,(H,18,19)(H,20,21). The van der Waals surface area contributed by atoms with Crippen molar-refractivity contribution in [3.8, 4) is 0 Å². The van der Waals surface area contributed by atoms with Crippen LogP contribution >= 0.6 is 0 Å². The molecule has 5 heteroatoms. The van der Waals surface area contributed by atoms with E-state index in [1.165, 1.54) is 12.3 Å². The lowest BCUT2D eigenvalue weighted by Crippen LogP contribution is -2.17. The van der Waals surface area contributed by atoms with Crippen LogP contribution in [-0.2, 0) is 6.42 Å². The number of aromatic nitrogens is 1. The number of hydrogen-bond donors (Lipinski definition) is 2. The number of nitrogens with zero attached hydrogens (tertiary/aromatic N) is 1. The van der Waals surface area contributed by atoms with Gasteiger partial charge in [-0.25, -0.2) is 9.37 Å². The SMILES string of the molecule is CCc1cccc(C)c1NC(=O)c1ccnc(NC)c1F. The quantitative estimate of drug-likeness (QED) is 0.906. The molecule has 0 aliphatic heterocycles. The molecule has 0 unspecified atom stereocenters. The van der Waals surface area contributed by atoms with Crippen molar-refractivity contribution in [2.75, 3.05) is 17.7 Å². The summed E-state index contributed by atoms with van der Waals surface area (Å²) in [6, 6.07) is 7.17. The van der Waals surface area contributed by atoms with Gasteiger partial charge in [-0.05, 0) is 30.5 Å². The molecule has 2 N–H and O–H groups in total. The van der Waals surface area contributed by atoms with Crippen LogP contribution in [0.25, 0.3) is 0 Å². The lowest BCUT2D eigenvalue weighted by molar-refractivity contribution is 0.102. The Bertz CT molecular complexity index is 671. The first kappa shape index (κ1) is 15.0. The molecule has 110 valence electrons. The minimum Gasteiger partial charge on any atom is -0.371 e. The predicted octanol–water partition coefficient (Wildman–Crippen LogP) is 3.39. The van der Waals surface area contributed by atoms with E-state index in [0.717, 1.165) is 23.2 Å².